The quantitative estimate of drug-likeness (QED) is 0.0570. The lowest BCUT2D eigenvalue weighted by Gasteiger charge is -2.30. The average molecular weight is 838 g/mol. The molecule has 0 aliphatic carbocycles. The number of aliphatic hydroxyl groups is 2. The van der Waals surface area contributed by atoms with Crippen LogP contribution in [0.4, 0.5) is 5.82 Å². The summed E-state index contributed by atoms with van der Waals surface area (Å²) in [5.74, 6) is -0.542. The molecule has 0 saturated carbocycles. The first-order chi connectivity index (χ1) is 24.6. The number of fused-ring (bicyclic) bond motifs is 1. The van der Waals surface area contributed by atoms with E-state index < -0.39 is 78.6 Å². The Morgan fingerprint density at radius 2 is 1.77 bits per heavy atom. The maximum Gasteiger partial charge on any atom is 0.481 e. The number of hydrogen-bond acceptors (Lipinski definition) is 17. The molecule has 1 aliphatic heterocycles. The van der Waals surface area contributed by atoms with Crippen LogP contribution in [-0.2, 0) is 45.9 Å². The van der Waals surface area contributed by atoms with Crippen LogP contribution in [0.3, 0.4) is 0 Å². The molecule has 2 amide bonds. The lowest BCUT2D eigenvalue weighted by Crippen LogP contribution is -2.46. The number of nitrogen functional groups attached to an aromatic ring is 1. The van der Waals surface area contributed by atoms with Crippen molar-refractivity contribution in [1.29, 1.82) is 0 Å². The van der Waals surface area contributed by atoms with Crippen LogP contribution in [0.25, 0.3) is 11.2 Å². The van der Waals surface area contributed by atoms with Crippen LogP contribution in [0.1, 0.15) is 53.2 Å². The molecule has 1 fully saturated rings. The van der Waals surface area contributed by atoms with Gasteiger partial charge in [0.25, 0.3) is 0 Å². The van der Waals surface area contributed by atoms with Gasteiger partial charge in [-0.05, 0) is 6.42 Å². The van der Waals surface area contributed by atoms with Crippen LogP contribution in [0.5, 0.6) is 0 Å². The summed E-state index contributed by atoms with van der Waals surface area (Å²) in [6.07, 6.45) is -4.56. The molecule has 3 rings (SSSR count). The molecule has 2 aromatic rings. The Balaban J connectivity index is 1.52. The minimum absolute atomic E-state index is 0.0340. The number of hydrogen-bond donors (Lipinski definition) is 9. The number of rotatable bonds is 22. The second-order valence-corrected chi connectivity index (χ2v) is 18.3. The zero-order valence-corrected chi connectivity index (χ0v) is 32.7. The number of amides is 2. The number of nitrogens with one attached hydrogen (secondary N) is 2. The highest BCUT2D eigenvalue weighted by Gasteiger charge is 2.50. The highest BCUT2D eigenvalue weighted by molar-refractivity contribution is 7.99. The van der Waals surface area contributed by atoms with Crippen LogP contribution in [0, 0.1) is 5.41 Å². The first-order valence-corrected chi connectivity index (χ1v) is 21.6. The summed E-state index contributed by atoms with van der Waals surface area (Å²) >= 11 is 1.73. The molecule has 1 saturated heterocycles. The summed E-state index contributed by atoms with van der Waals surface area (Å²) in [5, 5.41) is 27.0. The van der Waals surface area contributed by atoms with Crippen LogP contribution in [-0.4, -0.2) is 123 Å². The fourth-order valence-electron chi connectivity index (χ4n) is 4.88. The van der Waals surface area contributed by atoms with Gasteiger partial charge in [0.05, 0.1) is 19.5 Å². The third-order valence-corrected chi connectivity index (χ3v) is 11.9. The van der Waals surface area contributed by atoms with Gasteiger partial charge in [0.15, 0.2) is 17.7 Å². The summed E-state index contributed by atoms with van der Waals surface area (Å²) in [6.45, 7) is 5.13. The van der Waals surface area contributed by atoms with Crippen molar-refractivity contribution in [1.82, 2.24) is 30.2 Å². The van der Waals surface area contributed by atoms with E-state index in [2.05, 4.69) is 48.3 Å². The molecule has 0 aromatic carbocycles. The molecule has 302 valence electrons. The molecule has 0 bridgehead atoms. The van der Waals surface area contributed by atoms with Gasteiger partial charge in [0.1, 0.15) is 36.3 Å². The lowest BCUT2D eigenvalue weighted by molar-refractivity contribution is -0.137. The molecular weight excluding hydrogens is 791 g/mol. The van der Waals surface area contributed by atoms with Gasteiger partial charge in [-0.25, -0.2) is 28.6 Å². The standard InChI is InChI=1S/C26H46N7O16P3S/c1-5-6-15(2)53-10-9-28-17(34)7-8-29-24(37)21(36)26(3,4)12-46-52(43,44)49-51(41,42)45-11-16-20(48-50(38,39)40)19(35)25(47-16)33-14-32-18-22(27)30-13-31-23(18)33/h13-16,19-21,25,35-36H,5-12H2,1-4H3,(H,28,34)(H,29,37)(H,41,42)(H,43,44)(H2,27,30,31)(H2,38,39,40)/t15?,16-,19-,20-,21+,25-/m1/s1. The zero-order valence-electron chi connectivity index (χ0n) is 29.2. The summed E-state index contributed by atoms with van der Waals surface area (Å²) in [7, 11) is -16.3. The van der Waals surface area contributed by atoms with Crippen molar-refractivity contribution in [3.8, 4) is 0 Å². The summed E-state index contributed by atoms with van der Waals surface area (Å²) in [4.78, 5) is 75.5. The Labute approximate surface area is 308 Å². The molecule has 27 heteroatoms. The van der Waals surface area contributed by atoms with Gasteiger partial charge in [-0.15, -0.1) is 0 Å². The Hall–Kier alpha value is -2.11. The van der Waals surface area contributed by atoms with E-state index in [0.29, 0.717) is 11.8 Å². The molecule has 3 heterocycles. The van der Waals surface area contributed by atoms with Crippen molar-refractivity contribution in [3.05, 3.63) is 12.7 Å². The van der Waals surface area contributed by atoms with E-state index in [1.54, 1.807) is 11.8 Å². The van der Waals surface area contributed by atoms with Crippen molar-refractivity contribution < 1.29 is 75.7 Å². The normalized spacial score (nSPS) is 22.9. The molecule has 0 radical (unpaired) electrons. The molecule has 0 spiro atoms. The van der Waals surface area contributed by atoms with Gasteiger partial charge in [-0.1, -0.05) is 34.1 Å². The SMILES string of the molecule is CCCC(C)SCCNC(=O)CCNC(=O)[C@H](O)C(C)(C)COP(=O)(O)OP(=O)(O)OC[C@H]1O[C@@H](n2cnc3c(N)ncnc32)[C@H](O)[C@@H]1OP(=O)(O)O. The zero-order chi connectivity index (χ0) is 39.8. The van der Waals surface area contributed by atoms with E-state index >= 15 is 0 Å². The average Bonchev–Trinajstić information content (AvgIpc) is 3.61. The van der Waals surface area contributed by atoms with E-state index in [1.165, 1.54) is 13.8 Å². The second-order valence-electron chi connectivity index (χ2n) is 12.5. The minimum Gasteiger partial charge on any atom is -0.386 e. The van der Waals surface area contributed by atoms with E-state index in [-0.39, 0.29) is 35.9 Å². The predicted molar refractivity (Wildman–Crippen MR) is 186 cm³/mol. The van der Waals surface area contributed by atoms with Gasteiger partial charge in [0.2, 0.25) is 11.8 Å². The van der Waals surface area contributed by atoms with Crippen LogP contribution >= 0.6 is 35.2 Å². The number of imidazole rings is 1. The molecule has 23 nitrogen and oxygen atoms in total. The van der Waals surface area contributed by atoms with Crippen molar-refractivity contribution in [2.75, 3.05) is 37.8 Å². The summed E-state index contributed by atoms with van der Waals surface area (Å²) in [6, 6.07) is 0. The lowest BCUT2D eigenvalue weighted by atomic mass is 9.87. The van der Waals surface area contributed by atoms with Crippen LogP contribution < -0.4 is 16.4 Å². The van der Waals surface area contributed by atoms with E-state index in [1.807, 2.05) is 0 Å². The smallest absolute Gasteiger partial charge is 0.386 e. The number of anilines is 1. The van der Waals surface area contributed by atoms with Crippen molar-refractivity contribution in [2.45, 2.75) is 82.9 Å². The van der Waals surface area contributed by atoms with E-state index in [9.17, 15) is 53.1 Å². The first-order valence-electron chi connectivity index (χ1n) is 16.1. The molecule has 3 unspecified atom stereocenters. The van der Waals surface area contributed by atoms with Gasteiger partial charge >= 0.3 is 23.5 Å². The third kappa shape index (κ3) is 13.9. The molecule has 1 aliphatic rings. The number of carbonyl (C=O) groups is 2. The molecular formula is C26H46N7O16P3S. The van der Waals surface area contributed by atoms with Crippen LogP contribution in [0.15, 0.2) is 12.7 Å². The Kier molecular flexibility index (Phi) is 16.4. The largest absolute Gasteiger partial charge is 0.481 e. The molecule has 2 aromatic heterocycles. The van der Waals surface area contributed by atoms with Gasteiger partial charge in [-0.2, -0.15) is 16.1 Å². The third-order valence-electron chi connectivity index (χ3n) is 7.60. The number of aliphatic hydroxyl groups excluding tert-OH is 2. The second kappa shape index (κ2) is 19.2. The number of phosphoric ester groups is 3. The highest BCUT2D eigenvalue weighted by Crippen LogP contribution is 2.61. The Morgan fingerprint density at radius 3 is 2.43 bits per heavy atom. The number of carbonyl (C=O) groups excluding carboxylic acids is 2. The summed E-state index contributed by atoms with van der Waals surface area (Å²) in [5.41, 5.74) is 4.32. The molecule has 8 atom stereocenters. The fraction of sp³-hybridized carbons (Fsp3) is 0.731. The maximum absolute atomic E-state index is 12.7. The summed E-state index contributed by atoms with van der Waals surface area (Å²) < 4.78 is 62.1. The number of nitrogens with zero attached hydrogens (tertiary/aromatic N) is 4. The van der Waals surface area contributed by atoms with E-state index in [4.69, 9.17) is 19.5 Å². The fourth-order valence-corrected chi connectivity index (χ4v) is 8.73. The number of aromatic nitrogens is 4. The molecule has 53 heavy (non-hydrogen) atoms. The van der Waals surface area contributed by atoms with Gasteiger partial charge < -0.3 is 50.9 Å². The Morgan fingerprint density at radius 1 is 1.09 bits per heavy atom. The van der Waals surface area contributed by atoms with Crippen molar-refractivity contribution in [2.24, 2.45) is 5.41 Å². The van der Waals surface area contributed by atoms with Gasteiger partial charge in [0, 0.05) is 35.9 Å². The first kappa shape index (κ1) is 45.3. The van der Waals surface area contributed by atoms with Crippen molar-refractivity contribution >= 4 is 64.0 Å². The molecule has 10 N–H and O–H groups in total. The van der Waals surface area contributed by atoms with Crippen molar-refractivity contribution in [3.63, 3.8) is 0 Å². The maximum atomic E-state index is 12.7. The van der Waals surface area contributed by atoms with E-state index in [0.717, 1.165) is 35.8 Å². The minimum atomic E-state index is -5.54. The monoisotopic (exact) mass is 837 g/mol. The van der Waals surface area contributed by atoms with Gasteiger partial charge in [-0.3, -0.25) is 27.7 Å². The predicted octanol–water partition coefficient (Wildman–Crippen LogP) is 0.327. The highest BCUT2D eigenvalue weighted by atomic mass is 32.2. The topological polar surface area (TPSA) is 347 Å². The number of phosphoric acid groups is 3. The number of thioether (sulfide) groups is 1. The van der Waals surface area contributed by atoms with Crippen LogP contribution in [0.2, 0.25) is 0 Å². The number of nitrogens with two attached hydrogens (primary N) is 1. The number of ether oxygens (including phenoxy) is 1. The Bertz CT molecular complexity index is 1700.